The van der Waals surface area contributed by atoms with Gasteiger partial charge in [0, 0.05) is 53.9 Å². The number of hydrogen-bond acceptors (Lipinski definition) is 6. The second-order valence-electron chi connectivity index (χ2n) is 10.8. The second-order valence-corrected chi connectivity index (χ2v) is 10.8. The summed E-state index contributed by atoms with van der Waals surface area (Å²) >= 11 is 0. The minimum absolute atomic E-state index is 0.0353. The monoisotopic (exact) mass is 574 g/mol. The first kappa shape index (κ1) is 29.4. The molecule has 1 fully saturated rings. The molecule has 0 radical (unpaired) electrons. The third-order valence-electron chi connectivity index (χ3n) is 8.53. The summed E-state index contributed by atoms with van der Waals surface area (Å²) in [7, 11) is 0. The third kappa shape index (κ3) is 5.16. The molecule has 42 heavy (non-hydrogen) atoms. The molecule has 0 heterocycles. The molecule has 1 aliphatic carbocycles. The van der Waals surface area contributed by atoms with Crippen molar-refractivity contribution >= 4 is 22.7 Å². The van der Waals surface area contributed by atoms with Crippen molar-refractivity contribution in [2.75, 3.05) is 22.9 Å². The lowest BCUT2D eigenvalue weighted by atomic mass is 9.86. The lowest BCUT2D eigenvalue weighted by Crippen LogP contribution is -2.23. The van der Waals surface area contributed by atoms with E-state index in [0.717, 1.165) is 18.8 Å². The van der Waals surface area contributed by atoms with Crippen LogP contribution in [0.3, 0.4) is 0 Å². The normalized spacial score (nSPS) is 21.8. The predicted molar refractivity (Wildman–Crippen MR) is 161 cm³/mol. The van der Waals surface area contributed by atoms with Gasteiger partial charge in [-0.15, -0.1) is 0 Å². The number of aliphatic hydroxyl groups excluding tert-OH is 2. The number of para-hydroxylation sites is 2. The van der Waals surface area contributed by atoms with Crippen LogP contribution in [0.2, 0.25) is 0 Å². The van der Waals surface area contributed by atoms with Crippen molar-refractivity contribution in [2.24, 2.45) is 5.92 Å². The van der Waals surface area contributed by atoms with Gasteiger partial charge in [-0.2, -0.15) is 0 Å². The summed E-state index contributed by atoms with van der Waals surface area (Å²) in [6.07, 6.45) is -2.15. The van der Waals surface area contributed by atoms with Gasteiger partial charge >= 0.3 is 0 Å². The zero-order valence-corrected chi connectivity index (χ0v) is 23.8. The average molecular weight is 575 g/mol. The zero-order valence-electron chi connectivity index (χ0n) is 23.8. The van der Waals surface area contributed by atoms with E-state index in [4.69, 9.17) is 0 Å². The molecular formula is C34H36F2N2O4. The molecule has 0 aliphatic heterocycles. The van der Waals surface area contributed by atoms with Gasteiger partial charge in [0.05, 0.1) is 29.3 Å². The molecular weight excluding hydrogens is 538 g/mol. The van der Waals surface area contributed by atoms with Crippen molar-refractivity contribution in [3.05, 3.63) is 108 Å². The maximum absolute atomic E-state index is 14.9. The van der Waals surface area contributed by atoms with Crippen LogP contribution in [-0.2, 0) is 0 Å². The van der Waals surface area contributed by atoms with Gasteiger partial charge in [0.1, 0.15) is 23.1 Å². The number of phenolic OH excluding ortho intramolecular Hbond substituents is 2. The first-order chi connectivity index (χ1) is 20.2. The maximum Gasteiger partial charge on any atom is 0.147 e. The molecule has 5 atom stereocenters. The van der Waals surface area contributed by atoms with Crippen molar-refractivity contribution in [2.45, 2.75) is 44.8 Å². The van der Waals surface area contributed by atoms with Gasteiger partial charge in [-0.05, 0) is 56.2 Å². The molecule has 1 aliphatic rings. The van der Waals surface area contributed by atoms with E-state index in [1.807, 2.05) is 19.9 Å². The average Bonchev–Trinajstić information content (AvgIpc) is 3.19. The number of nitrogens with zero attached hydrogens (tertiary/aromatic N) is 2. The quantitative estimate of drug-likeness (QED) is 0.183. The summed E-state index contributed by atoms with van der Waals surface area (Å²) in [5, 5.41) is 45.0. The number of aromatic hydroxyl groups is 2. The number of hydrogen-bond donors (Lipinski definition) is 4. The van der Waals surface area contributed by atoms with E-state index < -0.39 is 41.6 Å². The first-order valence-corrected chi connectivity index (χ1v) is 14.2. The largest absolute Gasteiger partial charge is 0.508 e. The second kappa shape index (κ2) is 12.0. The van der Waals surface area contributed by atoms with Crippen molar-refractivity contribution in [3.63, 3.8) is 0 Å². The summed E-state index contributed by atoms with van der Waals surface area (Å²) in [6.45, 7) is 7.42. The Morgan fingerprint density at radius 3 is 1.62 bits per heavy atom. The Kier molecular flexibility index (Phi) is 8.38. The van der Waals surface area contributed by atoms with Gasteiger partial charge in [-0.1, -0.05) is 43.3 Å². The van der Waals surface area contributed by atoms with Crippen LogP contribution in [0.4, 0.5) is 31.5 Å². The minimum atomic E-state index is -1.12. The van der Waals surface area contributed by atoms with Gasteiger partial charge in [0.15, 0.2) is 0 Å². The third-order valence-corrected chi connectivity index (χ3v) is 8.53. The Morgan fingerprint density at radius 2 is 1.12 bits per heavy atom. The molecule has 4 aromatic rings. The topological polar surface area (TPSA) is 87.4 Å². The molecule has 8 heteroatoms. The van der Waals surface area contributed by atoms with Crippen LogP contribution in [0, 0.1) is 17.6 Å². The van der Waals surface area contributed by atoms with E-state index in [9.17, 15) is 29.2 Å². The molecule has 6 nitrogen and oxygen atoms in total. The van der Waals surface area contributed by atoms with Crippen LogP contribution in [0.25, 0.3) is 0 Å². The van der Waals surface area contributed by atoms with E-state index in [0.29, 0.717) is 16.8 Å². The fourth-order valence-corrected chi connectivity index (χ4v) is 6.34. The van der Waals surface area contributed by atoms with E-state index in [2.05, 4.69) is 4.90 Å². The number of anilines is 4. The Hall–Kier alpha value is -4.14. The number of phenols is 2. The van der Waals surface area contributed by atoms with Gasteiger partial charge in [-0.25, -0.2) is 8.78 Å². The highest BCUT2D eigenvalue weighted by atomic mass is 19.1. The number of rotatable bonds is 8. The fraction of sp³-hybridized carbons (Fsp3) is 0.294. The summed E-state index contributed by atoms with van der Waals surface area (Å²) < 4.78 is 29.9. The lowest BCUT2D eigenvalue weighted by molar-refractivity contribution is 0.0944. The maximum atomic E-state index is 14.9. The fourth-order valence-electron chi connectivity index (χ4n) is 6.34. The Labute approximate surface area is 244 Å². The number of aliphatic hydroxyl groups is 2. The molecule has 1 saturated carbocycles. The smallest absolute Gasteiger partial charge is 0.147 e. The molecule has 4 aromatic carbocycles. The van der Waals surface area contributed by atoms with Gasteiger partial charge < -0.3 is 30.2 Å². The molecule has 220 valence electrons. The van der Waals surface area contributed by atoms with Crippen molar-refractivity contribution < 1.29 is 29.2 Å². The van der Waals surface area contributed by atoms with E-state index in [1.54, 1.807) is 43.3 Å². The van der Waals surface area contributed by atoms with Crippen molar-refractivity contribution in [3.8, 4) is 11.5 Å². The van der Waals surface area contributed by atoms with Crippen LogP contribution >= 0.6 is 0 Å². The highest BCUT2D eigenvalue weighted by Gasteiger charge is 2.50. The van der Waals surface area contributed by atoms with Crippen LogP contribution in [0.15, 0.2) is 84.9 Å². The highest BCUT2D eigenvalue weighted by molar-refractivity contribution is 5.78. The summed E-state index contributed by atoms with van der Waals surface area (Å²) in [5.74, 6) is -3.25. The Bertz CT molecular complexity index is 1520. The Morgan fingerprint density at radius 1 is 0.643 bits per heavy atom. The summed E-state index contributed by atoms with van der Waals surface area (Å²) in [5.41, 5.74) is 2.16. The predicted octanol–water partition coefficient (Wildman–Crippen LogP) is 6.93. The minimum Gasteiger partial charge on any atom is -0.508 e. The van der Waals surface area contributed by atoms with Crippen molar-refractivity contribution in [1.29, 1.82) is 0 Å². The van der Waals surface area contributed by atoms with E-state index in [-0.39, 0.29) is 22.9 Å². The van der Waals surface area contributed by atoms with Gasteiger partial charge in [-0.3, -0.25) is 0 Å². The van der Waals surface area contributed by atoms with Crippen LogP contribution < -0.4 is 9.80 Å². The highest BCUT2D eigenvalue weighted by Crippen LogP contribution is 2.52. The standard InChI is InChI=1S/C34H36F2N2O4/c1-4-37(5-2)21-14-16-23(29(39)18-21)31-20(3)33(41)32(34(31)42)24-17-15-22(19-30(24)40)38(27-12-8-6-10-25(27)35)28-13-9-7-11-26(28)36/h6-20,31-34,39-42H,4-5H2,1-3H3/t20?,31-,32?,33?,34?/m0/s1. The van der Waals surface area contributed by atoms with Crippen LogP contribution in [-0.4, -0.2) is 45.7 Å². The summed E-state index contributed by atoms with van der Waals surface area (Å²) in [4.78, 5) is 3.47. The number of halogens is 2. The Balaban J connectivity index is 1.51. The molecule has 4 N–H and O–H groups in total. The molecule has 5 rings (SSSR count). The SMILES string of the molecule is CCN(CC)c1ccc([C@@H]2C(C)C(O)C(c3ccc(N(c4ccccc4F)c4ccccc4F)cc3O)C2O)c(O)c1. The van der Waals surface area contributed by atoms with E-state index >= 15 is 0 Å². The van der Waals surface area contributed by atoms with Crippen LogP contribution in [0.5, 0.6) is 11.5 Å². The zero-order chi connectivity index (χ0) is 30.1. The molecule has 0 bridgehead atoms. The van der Waals surface area contributed by atoms with Gasteiger partial charge in [0.2, 0.25) is 0 Å². The summed E-state index contributed by atoms with van der Waals surface area (Å²) in [6, 6.07) is 21.8. The molecule has 0 amide bonds. The van der Waals surface area contributed by atoms with E-state index in [1.165, 1.54) is 47.4 Å². The van der Waals surface area contributed by atoms with Crippen LogP contribution in [0.1, 0.15) is 43.7 Å². The molecule has 0 saturated heterocycles. The molecule has 4 unspecified atom stereocenters. The van der Waals surface area contributed by atoms with Crippen molar-refractivity contribution in [1.82, 2.24) is 0 Å². The van der Waals surface area contributed by atoms with Gasteiger partial charge in [0.25, 0.3) is 0 Å². The first-order valence-electron chi connectivity index (χ1n) is 14.2. The molecule has 0 spiro atoms. The molecule has 0 aromatic heterocycles. The lowest BCUT2D eigenvalue weighted by Gasteiger charge is -2.28. The number of benzene rings is 4.